The summed E-state index contributed by atoms with van der Waals surface area (Å²) >= 11 is 6.14. The first-order valence-electron chi connectivity index (χ1n) is 18.4. The van der Waals surface area contributed by atoms with Gasteiger partial charge in [-0.3, -0.25) is 9.69 Å². The Balaban J connectivity index is 0.000000289. The molecule has 51 heavy (non-hydrogen) atoms. The van der Waals surface area contributed by atoms with Gasteiger partial charge in [0, 0.05) is 36.6 Å². The van der Waals surface area contributed by atoms with E-state index in [-0.39, 0.29) is 5.56 Å². The Labute approximate surface area is 304 Å². The summed E-state index contributed by atoms with van der Waals surface area (Å²) in [7, 11) is 0. The van der Waals surface area contributed by atoms with Crippen molar-refractivity contribution in [3.8, 4) is 0 Å². The number of rotatable bonds is 6. The molecule has 0 atom stereocenters. The smallest absolute Gasteiger partial charge is 0.258 e. The Morgan fingerprint density at radius 1 is 0.824 bits per heavy atom. The normalized spacial score (nSPS) is 15.9. The minimum absolute atomic E-state index is 0.0874. The number of halogens is 1. The molecule has 6 aromatic rings. The highest BCUT2D eigenvalue weighted by molar-refractivity contribution is 6.31. The van der Waals surface area contributed by atoms with E-state index in [0.717, 1.165) is 53.4 Å². The average Bonchev–Trinajstić information content (AvgIpc) is 3.17. The Morgan fingerprint density at radius 3 is 2.57 bits per heavy atom. The number of nitrogens with zero attached hydrogens (tertiary/aromatic N) is 4. The van der Waals surface area contributed by atoms with Crippen LogP contribution in [-0.4, -0.2) is 52.6 Å². The third kappa shape index (κ3) is 7.21. The van der Waals surface area contributed by atoms with Gasteiger partial charge in [-0.25, -0.2) is 9.97 Å². The molecule has 3 aliphatic rings. The van der Waals surface area contributed by atoms with E-state index in [1.165, 1.54) is 90.9 Å². The lowest BCUT2D eigenvalue weighted by molar-refractivity contribution is 0.252. The molecule has 1 aliphatic heterocycles. The average molecular weight is 694 g/mol. The minimum Gasteiger partial charge on any atom is -0.354 e. The number of unbranched alkanes of at least 4 members (excludes halogenated alkanes) is 1. The molecule has 7 heteroatoms. The van der Waals surface area contributed by atoms with Crippen molar-refractivity contribution in [2.75, 3.05) is 37.6 Å². The van der Waals surface area contributed by atoms with Crippen molar-refractivity contribution in [3.05, 3.63) is 141 Å². The van der Waals surface area contributed by atoms with Crippen molar-refractivity contribution in [1.82, 2.24) is 19.9 Å². The third-order valence-corrected chi connectivity index (χ3v) is 11.1. The van der Waals surface area contributed by atoms with Gasteiger partial charge in [-0.1, -0.05) is 65.7 Å². The maximum Gasteiger partial charge on any atom is 0.258 e. The summed E-state index contributed by atoms with van der Waals surface area (Å²) in [5, 5.41) is 5.40. The molecule has 0 unspecified atom stereocenters. The SMILES string of the molecule is Cc1cc2c3c(ccc2cc1CCCCN1CCN(c2ccc4cc(Cl)ccc4n2)CC1)C1=C(CCC=C1)CC3.O=c1[nH]cnc2ccccc12. The molecule has 0 spiro atoms. The largest absolute Gasteiger partial charge is 0.354 e. The van der Waals surface area contributed by atoms with Gasteiger partial charge in [0.15, 0.2) is 0 Å². The zero-order chi connectivity index (χ0) is 34.7. The molecule has 1 N–H and O–H groups in total. The lowest BCUT2D eigenvalue weighted by atomic mass is 9.79. The van der Waals surface area contributed by atoms with Gasteiger partial charge in [0.05, 0.1) is 22.7 Å². The number of H-pyrrole nitrogens is 1. The lowest BCUT2D eigenvalue weighted by Crippen LogP contribution is -2.46. The predicted molar refractivity (Wildman–Crippen MR) is 213 cm³/mol. The number of aromatic amines is 1. The van der Waals surface area contributed by atoms with Crippen LogP contribution in [0.3, 0.4) is 0 Å². The predicted octanol–water partition coefficient (Wildman–Crippen LogP) is 9.47. The van der Waals surface area contributed by atoms with Gasteiger partial charge >= 0.3 is 0 Å². The van der Waals surface area contributed by atoms with E-state index in [1.54, 1.807) is 17.2 Å². The van der Waals surface area contributed by atoms with Crippen LogP contribution >= 0.6 is 11.6 Å². The molecule has 258 valence electrons. The van der Waals surface area contributed by atoms with Crippen molar-refractivity contribution in [2.45, 2.75) is 51.9 Å². The molecule has 0 saturated carbocycles. The number of hydrogen-bond acceptors (Lipinski definition) is 5. The van der Waals surface area contributed by atoms with Crippen molar-refractivity contribution in [3.63, 3.8) is 0 Å². The highest BCUT2D eigenvalue weighted by Gasteiger charge is 2.21. The monoisotopic (exact) mass is 693 g/mol. The van der Waals surface area contributed by atoms with Crippen molar-refractivity contribution >= 4 is 55.6 Å². The lowest BCUT2D eigenvalue weighted by Gasteiger charge is -2.35. The minimum atomic E-state index is -0.0874. The Bertz CT molecular complexity index is 2350. The molecule has 9 rings (SSSR count). The van der Waals surface area contributed by atoms with Crippen molar-refractivity contribution < 1.29 is 0 Å². The molecule has 0 bridgehead atoms. The number of benzene rings is 4. The van der Waals surface area contributed by atoms with Crippen molar-refractivity contribution in [2.24, 2.45) is 0 Å². The molecule has 0 radical (unpaired) electrons. The Hall–Kier alpha value is -4.78. The Kier molecular flexibility index (Phi) is 9.70. The molecule has 6 nitrogen and oxygen atoms in total. The van der Waals surface area contributed by atoms with Gasteiger partial charge in [0.2, 0.25) is 0 Å². The number of anilines is 1. The number of piperazine rings is 1. The fraction of sp³-hybridized carbons (Fsp3) is 0.295. The number of aromatic nitrogens is 3. The molecule has 1 saturated heterocycles. The van der Waals surface area contributed by atoms with Gasteiger partial charge in [-0.05, 0) is 139 Å². The second-order valence-electron chi connectivity index (χ2n) is 14.1. The molecule has 2 aromatic heterocycles. The molecule has 4 aromatic carbocycles. The van der Waals surface area contributed by atoms with Crippen LogP contribution < -0.4 is 10.5 Å². The molecular weight excluding hydrogens is 650 g/mol. The van der Waals surface area contributed by atoms with E-state index in [1.807, 2.05) is 36.4 Å². The Morgan fingerprint density at radius 2 is 1.69 bits per heavy atom. The molecule has 0 amide bonds. The summed E-state index contributed by atoms with van der Waals surface area (Å²) in [4.78, 5) is 27.5. The highest BCUT2D eigenvalue weighted by Crippen LogP contribution is 2.40. The summed E-state index contributed by atoms with van der Waals surface area (Å²) < 4.78 is 0. The van der Waals surface area contributed by atoms with E-state index in [4.69, 9.17) is 16.6 Å². The van der Waals surface area contributed by atoms with Crippen LogP contribution in [0.25, 0.3) is 38.2 Å². The summed E-state index contributed by atoms with van der Waals surface area (Å²) in [5.74, 6) is 1.08. The zero-order valence-corrected chi connectivity index (χ0v) is 30.1. The van der Waals surface area contributed by atoms with Gasteiger partial charge in [-0.15, -0.1) is 0 Å². The second kappa shape index (κ2) is 14.8. The number of pyridine rings is 1. The van der Waals surface area contributed by atoms with Crippen LogP contribution in [0.2, 0.25) is 5.02 Å². The summed E-state index contributed by atoms with van der Waals surface area (Å²) in [6.45, 7) is 7.78. The second-order valence-corrected chi connectivity index (χ2v) is 14.5. The number of aryl methyl sites for hydroxylation is 3. The number of hydrogen-bond donors (Lipinski definition) is 1. The fourth-order valence-electron chi connectivity index (χ4n) is 8.04. The van der Waals surface area contributed by atoms with Crippen LogP contribution in [0.4, 0.5) is 5.82 Å². The molecule has 3 heterocycles. The van der Waals surface area contributed by atoms with Gasteiger partial charge in [-0.2, -0.15) is 0 Å². The summed E-state index contributed by atoms with van der Waals surface area (Å²) in [5.41, 5.74) is 10.9. The zero-order valence-electron chi connectivity index (χ0n) is 29.3. The van der Waals surface area contributed by atoms with E-state index in [9.17, 15) is 4.79 Å². The van der Waals surface area contributed by atoms with E-state index in [2.05, 4.69) is 75.2 Å². The molecule has 2 aliphatic carbocycles. The molecular formula is C44H44ClN5O. The topological polar surface area (TPSA) is 65.1 Å². The number of nitrogens with one attached hydrogen (secondary N) is 1. The van der Waals surface area contributed by atoms with Crippen LogP contribution in [0.5, 0.6) is 0 Å². The fourth-order valence-corrected chi connectivity index (χ4v) is 8.22. The number of para-hydroxylation sites is 1. The standard InChI is InChI=1S/C36H38ClN3.C8H6N2O/c1-25-22-34-28(10-14-32-31-8-3-2-6-26(31)9-13-33(32)34)23-27(25)7-4-5-17-39-18-20-40(21-19-39)36-16-11-29-24-30(37)12-15-35(29)38-36;11-8-6-3-1-2-4-7(6)9-5-10-8/h3,8,10-12,14-16,22-24H,2,4-7,9,13,17-21H2,1H3;1-5H,(H,9,10,11). The maximum atomic E-state index is 11.1. The first-order chi connectivity index (χ1) is 25.0. The van der Waals surface area contributed by atoms with Crippen molar-refractivity contribution in [1.29, 1.82) is 0 Å². The van der Waals surface area contributed by atoms with E-state index >= 15 is 0 Å². The summed E-state index contributed by atoms with van der Waals surface area (Å²) in [6.07, 6.45) is 14.7. The first kappa shape index (κ1) is 33.4. The van der Waals surface area contributed by atoms with Crippen LogP contribution in [-0.2, 0) is 12.8 Å². The number of allylic oxidation sites excluding steroid dienone is 4. The highest BCUT2D eigenvalue weighted by atomic mass is 35.5. The van der Waals surface area contributed by atoms with E-state index in [0.29, 0.717) is 5.39 Å². The first-order valence-corrected chi connectivity index (χ1v) is 18.8. The van der Waals surface area contributed by atoms with Crippen LogP contribution in [0, 0.1) is 6.92 Å². The van der Waals surface area contributed by atoms with Gasteiger partial charge < -0.3 is 9.88 Å². The van der Waals surface area contributed by atoms with Crippen LogP contribution in [0.15, 0.2) is 108 Å². The van der Waals surface area contributed by atoms with Gasteiger partial charge in [0.1, 0.15) is 5.82 Å². The number of fused-ring (bicyclic) bond motifs is 6. The quantitative estimate of drug-likeness (QED) is 0.176. The molecule has 1 fully saturated rings. The van der Waals surface area contributed by atoms with Gasteiger partial charge in [0.25, 0.3) is 5.56 Å². The van der Waals surface area contributed by atoms with E-state index < -0.39 is 0 Å². The maximum absolute atomic E-state index is 11.1. The van der Waals surface area contributed by atoms with Crippen LogP contribution in [0.1, 0.15) is 54.4 Å². The third-order valence-electron chi connectivity index (χ3n) is 10.9. The summed E-state index contributed by atoms with van der Waals surface area (Å²) in [6, 6.07) is 27.2.